The molecule has 0 saturated heterocycles. The van der Waals surface area contributed by atoms with E-state index in [4.69, 9.17) is 0 Å². The van der Waals surface area contributed by atoms with Gasteiger partial charge in [-0.15, -0.1) is 0 Å². The van der Waals surface area contributed by atoms with Crippen LogP contribution in [0.15, 0.2) is 70.8 Å². The minimum absolute atomic E-state index is 0.391. The number of benzene rings is 2. The first-order valence-corrected chi connectivity index (χ1v) is 14.4. The van der Waals surface area contributed by atoms with Gasteiger partial charge in [0.2, 0.25) is 10.0 Å². The average molecular weight is 415 g/mol. The summed E-state index contributed by atoms with van der Waals surface area (Å²) in [6.45, 7) is 8.56. The molecule has 0 radical (unpaired) electrons. The molecule has 6 heteroatoms. The summed E-state index contributed by atoms with van der Waals surface area (Å²) in [7, 11) is -3.15. The van der Waals surface area contributed by atoms with Gasteiger partial charge in [0, 0.05) is 25.8 Å². The topological polar surface area (TPSA) is 40.6 Å². The Morgan fingerprint density at radius 2 is 1.64 bits per heavy atom. The molecule has 2 aromatic rings. The summed E-state index contributed by atoms with van der Waals surface area (Å²) >= 11 is 0. The first-order chi connectivity index (χ1) is 13.2. The summed E-state index contributed by atoms with van der Waals surface area (Å²) in [5.41, 5.74) is 5.92. The van der Waals surface area contributed by atoms with Gasteiger partial charge in [-0.1, -0.05) is 66.8 Å². The number of nitrogens with zero attached hydrogens (tertiary/aromatic N) is 2. The summed E-state index contributed by atoms with van der Waals surface area (Å²) in [4.78, 5) is 2.65. The number of rotatable bonds is 6. The van der Waals surface area contributed by atoms with E-state index >= 15 is 0 Å². The van der Waals surface area contributed by atoms with Crippen molar-refractivity contribution in [1.29, 1.82) is 0 Å². The highest BCUT2D eigenvalue weighted by Gasteiger charge is 2.35. The van der Waals surface area contributed by atoms with Crippen LogP contribution >= 0.6 is 0 Å². The lowest BCUT2D eigenvalue weighted by atomic mass is 10.2. The van der Waals surface area contributed by atoms with E-state index in [1.807, 2.05) is 25.1 Å². The van der Waals surface area contributed by atoms with Crippen molar-refractivity contribution < 1.29 is 8.42 Å². The van der Waals surface area contributed by atoms with Crippen LogP contribution in [0.2, 0.25) is 13.1 Å². The van der Waals surface area contributed by atoms with E-state index in [-0.39, 0.29) is 0 Å². The molecule has 1 heterocycles. The van der Waals surface area contributed by atoms with Crippen LogP contribution in [0.5, 0.6) is 0 Å². The standard InChI is InChI=1S/C22H30N2O2SSi/c1-19-10-12-22(13-11-19)27(25,26)24-16-21(17-28(3,4)18-24)15-23(2)14-20-8-6-5-7-9-20/h5-13,17H,14-16,18H2,1-4H3. The largest absolute Gasteiger partial charge is 0.298 e. The van der Waals surface area contributed by atoms with Gasteiger partial charge < -0.3 is 0 Å². The van der Waals surface area contributed by atoms with E-state index in [9.17, 15) is 8.42 Å². The molecule has 0 N–H and O–H groups in total. The molecule has 28 heavy (non-hydrogen) atoms. The summed E-state index contributed by atoms with van der Waals surface area (Å²) in [6, 6.07) is 17.5. The fourth-order valence-corrected chi connectivity index (χ4v) is 9.00. The van der Waals surface area contributed by atoms with Gasteiger partial charge >= 0.3 is 0 Å². The van der Waals surface area contributed by atoms with Gasteiger partial charge in [0.15, 0.2) is 0 Å². The quantitative estimate of drug-likeness (QED) is 0.674. The molecule has 0 spiro atoms. The number of hydrogen-bond acceptors (Lipinski definition) is 3. The molecular formula is C22H30N2O2SSi. The zero-order chi connectivity index (χ0) is 20.4. The van der Waals surface area contributed by atoms with Gasteiger partial charge in [0.25, 0.3) is 0 Å². The Morgan fingerprint density at radius 1 is 1.00 bits per heavy atom. The van der Waals surface area contributed by atoms with Gasteiger partial charge in [0.1, 0.15) is 0 Å². The van der Waals surface area contributed by atoms with Gasteiger partial charge in [-0.2, -0.15) is 4.31 Å². The number of likely N-dealkylation sites (N-methyl/N-ethyl adjacent to an activating group) is 1. The van der Waals surface area contributed by atoms with Gasteiger partial charge in [-0.3, -0.25) is 4.90 Å². The second kappa shape index (κ2) is 8.33. The smallest absolute Gasteiger partial charge is 0.243 e. The molecule has 3 rings (SSSR count). The molecule has 0 atom stereocenters. The molecule has 0 bridgehead atoms. The second-order valence-electron chi connectivity index (χ2n) is 8.54. The molecule has 0 amide bonds. The number of sulfonamides is 1. The highest BCUT2D eigenvalue weighted by Crippen LogP contribution is 2.25. The van der Waals surface area contributed by atoms with Crippen LogP contribution in [0.1, 0.15) is 11.1 Å². The lowest BCUT2D eigenvalue weighted by Crippen LogP contribution is -2.50. The lowest BCUT2D eigenvalue weighted by Gasteiger charge is -2.36. The highest BCUT2D eigenvalue weighted by molar-refractivity contribution is 7.89. The molecule has 0 unspecified atom stereocenters. The number of hydrogen-bond donors (Lipinski definition) is 0. The summed E-state index contributed by atoms with van der Waals surface area (Å²) in [5.74, 6) is 0. The Kier molecular flexibility index (Phi) is 6.24. The van der Waals surface area contributed by atoms with Crippen LogP contribution in [0.4, 0.5) is 0 Å². The van der Waals surface area contributed by atoms with E-state index in [1.54, 1.807) is 16.4 Å². The molecule has 1 aliphatic heterocycles. The molecule has 150 valence electrons. The van der Waals surface area contributed by atoms with E-state index < -0.39 is 18.1 Å². The zero-order valence-corrected chi connectivity index (χ0v) is 19.0. The maximum atomic E-state index is 13.2. The summed E-state index contributed by atoms with van der Waals surface area (Å²) < 4.78 is 28.1. The van der Waals surface area contributed by atoms with Crippen molar-refractivity contribution in [1.82, 2.24) is 9.21 Å². The van der Waals surface area contributed by atoms with Gasteiger partial charge in [-0.05, 0) is 37.2 Å². The Bertz CT molecular complexity index is 938. The number of aryl methyl sites for hydroxylation is 1. The second-order valence-corrected chi connectivity index (χ2v) is 15.1. The maximum absolute atomic E-state index is 13.2. The molecule has 0 aliphatic carbocycles. The fourth-order valence-electron chi connectivity index (χ4n) is 3.80. The van der Waals surface area contributed by atoms with Crippen LogP contribution in [0.25, 0.3) is 0 Å². The predicted octanol–water partition coefficient (Wildman–Crippen LogP) is 3.84. The minimum Gasteiger partial charge on any atom is -0.298 e. The monoisotopic (exact) mass is 414 g/mol. The van der Waals surface area contributed by atoms with Crippen LogP contribution in [0.3, 0.4) is 0 Å². The third-order valence-corrected chi connectivity index (χ3v) is 9.41. The van der Waals surface area contributed by atoms with Crippen LogP contribution in [-0.2, 0) is 16.6 Å². The van der Waals surface area contributed by atoms with Crippen molar-refractivity contribution in [2.75, 3.05) is 26.3 Å². The van der Waals surface area contributed by atoms with Crippen molar-refractivity contribution in [3.05, 3.63) is 77.0 Å². The molecule has 0 fully saturated rings. The van der Waals surface area contributed by atoms with E-state index in [1.165, 1.54) is 11.1 Å². The highest BCUT2D eigenvalue weighted by atomic mass is 32.2. The molecule has 4 nitrogen and oxygen atoms in total. The molecule has 0 saturated carbocycles. The third-order valence-electron chi connectivity index (χ3n) is 4.99. The lowest BCUT2D eigenvalue weighted by molar-refractivity contribution is 0.343. The van der Waals surface area contributed by atoms with E-state index in [0.29, 0.717) is 17.6 Å². The normalized spacial score (nSPS) is 17.5. The van der Waals surface area contributed by atoms with Crippen molar-refractivity contribution >= 4 is 18.1 Å². The third kappa shape index (κ3) is 5.20. The van der Waals surface area contributed by atoms with Crippen molar-refractivity contribution in [2.24, 2.45) is 0 Å². The first kappa shape index (κ1) is 21.0. The Labute approximate surface area is 170 Å². The Balaban J connectivity index is 1.76. The molecular weight excluding hydrogens is 384 g/mol. The maximum Gasteiger partial charge on any atom is 0.243 e. The molecule has 2 aromatic carbocycles. The van der Waals surface area contributed by atoms with Crippen LogP contribution < -0.4 is 0 Å². The molecule has 1 aliphatic rings. The SMILES string of the molecule is Cc1ccc(S(=O)(=O)N2CC(CN(C)Cc3ccccc3)=C[Si](C)(C)C2)cc1. The van der Waals surface area contributed by atoms with Crippen LogP contribution in [0, 0.1) is 6.92 Å². The molecule has 0 aromatic heterocycles. The summed E-state index contributed by atoms with van der Waals surface area (Å²) in [6.07, 6.45) is 0.634. The summed E-state index contributed by atoms with van der Waals surface area (Å²) in [5, 5.41) is 0. The van der Waals surface area contributed by atoms with E-state index in [2.05, 4.69) is 55.0 Å². The first-order valence-electron chi connectivity index (χ1n) is 9.66. The fraction of sp³-hybridized carbons (Fsp3) is 0.364. The minimum atomic E-state index is -3.47. The Hall–Kier alpha value is -1.73. The van der Waals surface area contributed by atoms with Gasteiger partial charge in [0.05, 0.1) is 13.0 Å². The van der Waals surface area contributed by atoms with Crippen molar-refractivity contribution in [3.63, 3.8) is 0 Å². The zero-order valence-electron chi connectivity index (χ0n) is 17.2. The van der Waals surface area contributed by atoms with Crippen molar-refractivity contribution in [3.8, 4) is 0 Å². The van der Waals surface area contributed by atoms with E-state index in [0.717, 1.165) is 18.7 Å². The van der Waals surface area contributed by atoms with Crippen molar-refractivity contribution in [2.45, 2.75) is 31.5 Å². The van der Waals surface area contributed by atoms with Gasteiger partial charge in [-0.25, -0.2) is 8.42 Å². The van der Waals surface area contributed by atoms with Crippen LogP contribution in [-0.4, -0.2) is 52.0 Å². The Morgan fingerprint density at radius 3 is 2.29 bits per heavy atom. The average Bonchev–Trinajstić information content (AvgIpc) is 2.61. The predicted molar refractivity (Wildman–Crippen MR) is 118 cm³/mol.